The van der Waals surface area contributed by atoms with Crippen LogP contribution in [0.5, 0.6) is 5.75 Å². The van der Waals surface area contributed by atoms with E-state index in [1.807, 2.05) is 0 Å². The van der Waals surface area contributed by atoms with Gasteiger partial charge in [0.2, 0.25) is 0 Å². The number of rotatable bonds is 7. The molecule has 0 amide bonds. The van der Waals surface area contributed by atoms with Crippen LogP contribution in [0.3, 0.4) is 0 Å². The first-order valence-electron chi connectivity index (χ1n) is 5.96. The Labute approximate surface area is 133 Å². The molecule has 0 bridgehead atoms. The summed E-state index contributed by atoms with van der Waals surface area (Å²) in [5.41, 5.74) is -2.60. The molecule has 0 N–H and O–H groups in total. The predicted octanol–water partition coefficient (Wildman–Crippen LogP) is 5.96. The molecule has 0 heterocycles. The third kappa shape index (κ3) is 4.03. The van der Waals surface area contributed by atoms with E-state index in [2.05, 4.69) is 31.9 Å². The molecular weight excluding hydrogens is 421 g/mol. The van der Waals surface area contributed by atoms with Crippen LogP contribution in [0.4, 0.5) is 8.78 Å². The van der Waals surface area contributed by atoms with Crippen LogP contribution >= 0.6 is 39.5 Å². The van der Waals surface area contributed by atoms with Gasteiger partial charge >= 0.3 is 13.3 Å². The summed E-state index contributed by atoms with van der Waals surface area (Å²) in [7, 11) is -4.57. The highest BCUT2D eigenvalue weighted by molar-refractivity contribution is 9.10. The first-order valence-corrected chi connectivity index (χ1v) is 9.41. The Morgan fingerprint density at radius 2 is 2.00 bits per heavy atom. The molecule has 3 nitrogen and oxygen atoms in total. The van der Waals surface area contributed by atoms with Gasteiger partial charge in [0.1, 0.15) is 5.75 Å². The third-order valence-corrected chi connectivity index (χ3v) is 5.91. The van der Waals surface area contributed by atoms with Crippen LogP contribution in [0, 0.1) is 0 Å². The van der Waals surface area contributed by atoms with Gasteiger partial charge in [-0.25, -0.2) is 4.57 Å². The third-order valence-electron chi connectivity index (χ3n) is 2.49. The molecule has 1 aromatic carbocycles. The lowest BCUT2D eigenvalue weighted by Crippen LogP contribution is -2.21. The zero-order chi connectivity index (χ0) is 15.4. The number of hydrogen-bond acceptors (Lipinski definition) is 3. The maximum atomic E-state index is 13.8. The highest BCUT2D eigenvalue weighted by Crippen LogP contribution is 2.63. The zero-order valence-electron chi connectivity index (χ0n) is 11.0. The lowest BCUT2D eigenvalue weighted by molar-refractivity contribution is 0.0484. The minimum atomic E-state index is -4.57. The van der Waals surface area contributed by atoms with E-state index in [-0.39, 0.29) is 12.4 Å². The summed E-state index contributed by atoms with van der Waals surface area (Å²) >= 11 is 6.50. The molecule has 1 rings (SSSR count). The van der Waals surface area contributed by atoms with Crippen LogP contribution in [-0.2, 0) is 14.4 Å². The van der Waals surface area contributed by atoms with E-state index in [1.54, 1.807) is 12.1 Å². The lowest BCUT2D eigenvalue weighted by Gasteiger charge is -2.25. The Balaban J connectivity index is 3.11. The summed E-state index contributed by atoms with van der Waals surface area (Å²) in [6.07, 6.45) is -0.624. The van der Waals surface area contributed by atoms with E-state index < -0.39 is 19.7 Å². The van der Waals surface area contributed by atoms with E-state index in [9.17, 15) is 13.3 Å². The molecule has 0 spiro atoms. The van der Waals surface area contributed by atoms with Crippen molar-refractivity contribution in [2.45, 2.75) is 31.3 Å². The molecule has 0 fully saturated rings. The molecule has 0 aliphatic rings. The minimum absolute atomic E-state index is 0.0691. The lowest BCUT2D eigenvalue weighted by atomic mass is 10.2. The smallest absolute Gasteiger partial charge is 0.419 e. The van der Waals surface area contributed by atoms with E-state index in [0.29, 0.717) is 9.80 Å². The molecule has 0 saturated carbocycles. The summed E-state index contributed by atoms with van der Waals surface area (Å²) < 4.78 is 50.2. The number of alkyl halides is 3. The van der Waals surface area contributed by atoms with Gasteiger partial charge in [0.25, 0.3) is 0 Å². The first-order chi connectivity index (χ1) is 9.29. The summed E-state index contributed by atoms with van der Waals surface area (Å²) in [4.78, 5) is 0. The maximum absolute atomic E-state index is 13.8. The molecule has 8 heteroatoms. The molecule has 20 heavy (non-hydrogen) atoms. The van der Waals surface area contributed by atoms with Crippen LogP contribution < -0.4 is 4.52 Å². The number of halogens is 4. The Morgan fingerprint density at radius 3 is 2.45 bits per heavy atom. The summed E-state index contributed by atoms with van der Waals surface area (Å²) in [5.74, 6) is 0.0691. The fourth-order valence-electron chi connectivity index (χ4n) is 1.38. The second-order valence-electron chi connectivity index (χ2n) is 3.92. The normalized spacial score (nSPS) is 14.9. The molecule has 0 aliphatic heterocycles. The largest absolute Gasteiger partial charge is 0.448 e. The van der Waals surface area contributed by atoms with Crippen molar-refractivity contribution in [3.05, 3.63) is 28.2 Å². The number of benzene rings is 1. The molecule has 0 aromatic heterocycles. The Hall–Kier alpha value is 0.0300. The van der Waals surface area contributed by atoms with E-state index in [4.69, 9.17) is 9.05 Å². The second kappa shape index (κ2) is 7.34. The van der Waals surface area contributed by atoms with Crippen LogP contribution in [-0.4, -0.2) is 12.3 Å². The summed E-state index contributed by atoms with van der Waals surface area (Å²) in [6, 6.07) is 4.87. The molecule has 1 atom stereocenters. The summed E-state index contributed by atoms with van der Waals surface area (Å²) in [6.45, 7) is 2.60. The van der Waals surface area contributed by atoms with Gasteiger partial charge in [0.05, 0.1) is 11.1 Å². The Morgan fingerprint density at radius 1 is 1.35 bits per heavy atom. The highest BCUT2D eigenvalue weighted by atomic mass is 79.9. The van der Waals surface area contributed by atoms with Crippen molar-refractivity contribution < 1.29 is 22.4 Å². The van der Waals surface area contributed by atoms with Gasteiger partial charge in [-0.1, -0.05) is 28.9 Å². The minimum Gasteiger partial charge on any atom is -0.419 e. The van der Waals surface area contributed by atoms with Gasteiger partial charge in [-0.2, -0.15) is 8.78 Å². The van der Waals surface area contributed by atoms with E-state index in [0.717, 1.165) is 5.56 Å². The average molecular weight is 436 g/mol. The topological polar surface area (TPSA) is 35.5 Å². The molecule has 0 radical (unpaired) electrons. The first kappa shape index (κ1) is 18.1. The van der Waals surface area contributed by atoms with Crippen molar-refractivity contribution in [2.75, 3.05) is 6.61 Å². The van der Waals surface area contributed by atoms with Crippen LogP contribution in [0.1, 0.15) is 25.8 Å². The zero-order valence-corrected chi connectivity index (χ0v) is 15.1. The van der Waals surface area contributed by atoms with E-state index >= 15 is 0 Å². The Bertz CT molecular complexity index is 511. The quantitative estimate of drug-likeness (QED) is 0.391. The van der Waals surface area contributed by atoms with Crippen molar-refractivity contribution >= 4 is 39.5 Å². The standard InChI is InChI=1S/C12H15Br2F2O3P/c1-3-12(15,16)20(17,18-4-2)19-11-6-5-9(8-13)7-10(11)14/h5-7H,3-4,8H2,1-2H3. The molecular formula is C12H15Br2F2O3P. The molecule has 0 aliphatic carbocycles. The van der Waals surface area contributed by atoms with Crippen molar-refractivity contribution in [3.8, 4) is 5.75 Å². The van der Waals surface area contributed by atoms with Crippen molar-refractivity contribution in [3.63, 3.8) is 0 Å². The second-order valence-corrected chi connectivity index (χ2v) is 7.43. The molecule has 114 valence electrons. The highest BCUT2D eigenvalue weighted by Gasteiger charge is 2.53. The molecule has 1 unspecified atom stereocenters. The van der Waals surface area contributed by atoms with Crippen molar-refractivity contribution in [1.29, 1.82) is 0 Å². The van der Waals surface area contributed by atoms with Gasteiger partial charge in [-0.15, -0.1) is 0 Å². The maximum Gasteiger partial charge on any atom is 0.448 e. The van der Waals surface area contributed by atoms with Gasteiger partial charge < -0.3 is 4.52 Å². The number of hydrogen-bond donors (Lipinski definition) is 0. The van der Waals surface area contributed by atoms with Gasteiger partial charge in [-0.3, -0.25) is 4.52 Å². The van der Waals surface area contributed by atoms with Crippen LogP contribution in [0.25, 0.3) is 0 Å². The fourth-order valence-corrected chi connectivity index (χ4v) is 3.88. The van der Waals surface area contributed by atoms with Gasteiger partial charge in [0, 0.05) is 11.8 Å². The van der Waals surface area contributed by atoms with Crippen molar-refractivity contribution in [1.82, 2.24) is 0 Å². The van der Waals surface area contributed by atoms with Gasteiger partial charge in [-0.05, 0) is 40.5 Å². The van der Waals surface area contributed by atoms with Crippen LogP contribution in [0.2, 0.25) is 0 Å². The average Bonchev–Trinajstić information content (AvgIpc) is 2.41. The SMILES string of the molecule is CCOP(=O)(Oc1ccc(CBr)cc1Br)C(F)(F)CC. The van der Waals surface area contributed by atoms with E-state index in [1.165, 1.54) is 19.9 Å². The summed E-state index contributed by atoms with van der Waals surface area (Å²) in [5, 5.41) is 0.611. The molecule has 1 aromatic rings. The monoisotopic (exact) mass is 434 g/mol. The fraction of sp³-hybridized carbons (Fsp3) is 0.500. The predicted molar refractivity (Wildman–Crippen MR) is 81.9 cm³/mol. The Kier molecular flexibility index (Phi) is 6.64. The van der Waals surface area contributed by atoms with Gasteiger partial charge in [0.15, 0.2) is 0 Å². The molecule has 0 saturated heterocycles. The van der Waals surface area contributed by atoms with Crippen LogP contribution in [0.15, 0.2) is 22.7 Å². The van der Waals surface area contributed by atoms with Crippen molar-refractivity contribution in [2.24, 2.45) is 0 Å².